The molecule has 0 aliphatic heterocycles. The Morgan fingerprint density at radius 3 is 1.88 bits per heavy atom. The summed E-state index contributed by atoms with van der Waals surface area (Å²) in [4.78, 5) is 0. The van der Waals surface area contributed by atoms with E-state index in [9.17, 15) is 5.11 Å². The molecule has 0 aliphatic rings. The minimum absolute atomic E-state index is 0.112. The molecule has 0 aromatic rings. The Morgan fingerprint density at radius 2 is 1.56 bits per heavy atom. The fraction of sp³-hybridized carbons (Fsp3) is 1.00. The molecular weight excluding hydrogens is 202 g/mol. The van der Waals surface area contributed by atoms with Crippen molar-refractivity contribution in [2.45, 2.75) is 59.6 Å². The Kier molecular flexibility index (Phi) is 4.99. The van der Waals surface area contributed by atoms with Crippen LogP contribution in [-0.4, -0.2) is 29.5 Å². The van der Waals surface area contributed by atoms with Crippen LogP contribution in [0.15, 0.2) is 0 Å². The van der Waals surface area contributed by atoms with Gasteiger partial charge in [0, 0.05) is 11.0 Å². The molecule has 0 spiro atoms. The molecule has 0 amide bonds. The van der Waals surface area contributed by atoms with Crippen molar-refractivity contribution in [3.8, 4) is 0 Å². The van der Waals surface area contributed by atoms with Crippen molar-refractivity contribution < 1.29 is 9.84 Å². The van der Waals surface area contributed by atoms with Crippen molar-refractivity contribution in [2.75, 3.05) is 13.2 Å². The van der Waals surface area contributed by atoms with Gasteiger partial charge in [-0.05, 0) is 33.6 Å². The number of ether oxygens (including phenoxy) is 1. The summed E-state index contributed by atoms with van der Waals surface area (Å²) < 4.78 is 5.93. The molecule has 3 heteroatoms. The first-order valence-electron chi connectivity index (χ1n) is 5.98. The van der Waals surface area contributed by atoms with Gasteiger partial charge in [-0.25, -0.2) is 0 Å². The van der Waals surface area contributed by atoms with E-state index in [1.165, 1.54) is 0 Å². The minimum Gasteiger partial charge on any atom is -0.396 e. The van der Waals surface area contributed by atoms with E-state index in [0.717, 1.165) is 0 Å². The third-order valence-electron chi connectivity index (χ3n) is 3.99. The van der Waals surface area contributed by atoms with Crippen LogP contribution < -0.4 is 5.73 Å². The molecule has 0 aromatic carbocycles. The summed E-state index contributed by atoms with van der Waals surface area (Å²) in [6, 6.07) is 0. The van der Waals surface area contributed by atoms with Crippen LogP contribution >= 0.6 is 0 Å². The second kappa shape index (κ2) is 5.03. The van der Waals surface area contributed by atoms with Crippen LogP contribution in [0.4, 0.5) is 0 Å². The Balaban J connectivity index is 4.41. The summed E-state index contributed by atoms with van der Waals surface area (Å²) in [5.74, 6) is 0.279. The number of rotatable bonds is 6. The molecule has 1 unspecified atom stereocenters. The second-order valence-electron chi connectivity index (χ2n) is 6.59. The van der Waals surface area contributed by atoms with Crippen molar-refractivity contribution in [3.05, 3.63) is 0 Å². The van der Waals surface area contributed by atoms with E-state index < -0.39 is 0 Å². The highest BCUT2D eigenvalue weighted by molar-refractivity contribution is 4.88. The molecule has 16 heavy (non-hydrogen) atoms. The molecule has 0 aliphatic carbocycles. The van der Waals surface area contributed by atoms with E-state index in [-0.39, 0.29) is 29.1 Å². The van der Waals surface area contributed by atoms with Crippen LogP contribution in [0.5, 0.6) is 0 Å². The molecule has 0 saturated heterocycles. The summed E-state index contributed by atoms with van der Waals surface area (Å²) >= 11 is 0. The Morgan fingerprint density at radius 1 is 1.12 bits per heavy atom. The Hall–Kier alpha value is -0.120. The van der Waals surface area contributed by atoms with E-state index in [1.54, 1.807) is 0 Å². The summed E-state index contributed by atoms with van der Waals surface area (Å²) in [6.45, 7) is 14.9. The molecule has 98 valence electrons. The smallest absolute Gasteiger partial charge is 0.0699 e. The third-order valence-corrected chi connectivity index (χ3v) is 3.99. The van der Waals surface area contributed by atoms with Gasteiger partial charge in [-0.1, -0.05) is 20.8 Å². The zero-order chi connectivity index (χ0) is 13.2. The standard InChI is InChI=1S/C13H29NO2/c1-10(12(4,5)14)8-16-13(6,7)11(2,3)9-15/h10,15H,8-9,14H2,1-7H3. The van der Waals surface area contributed by atoms with Crippen LogP contribution in [0.3, 0.4) is 0 Å². The van der Waals surface area contributed by atoms with Crippen LogP contribution in [-0.2, 0) is 4.74 Å². The van der Waals surface area contributed by atoms with Crippen LogP contribution in [0.1, 0.15) is 48.5 Å². The lowest BCUT2D eigenvalue weighted by Crippen LogP contribution is -2.48. The largest absolute Gasteiger partial charge is 0.396 e. The maximum absolute atomic E-state index is 9.35. The highest BCUT2D eigenvalue weighted by Gasteiger charge is 2.38. The van der Waals surface area contributed by atoms with Gasteiger partial charge >= 0.3 is 0 Å². The van der Waals surface area contributed by atoms with E-state index >= 15 is 0 Å². The zero-order valence-electron chi connectivity index (χ0n) is 11.9. The van der Waals surface area contributed by atoms with Crippen LogP contribution in [0, 0.1) is 11.3 Å². The SMILES string of the molecule is CC(COC(C)(C)C(C)(C)CO)C(C)(C)N. The van der Waals surface area contributed by atoms with Crippen molar-refractivity contribution in [3.63, 3.8) is 0 Å². The fourth-order valence-corrected chi connectivity index (χ4v) is 0.934. The van der Waals surface area contributed by atoms with E-state index in [1.807, 2.05) is 41.5 Å². The lowest BCUT2D eigenvalue weighted by Gasteiger charge is -2.41. The van der Waals surface area contributed by atoms with Gasteiger partial charge in [0.2, 0.25) is 0 Å². The molecule has 0 fully saturated rings. The normalized spacial score (nSPS) is 16.3. The molecule has 0 rings (SSSR count). The molecule has 3 nitrogen and oxygen atoms in total. The first kappa shape index (κ1) is 15.9. The maximum Gasteiger partial charge on any atom is 0.0699 e. The first-order valence-corrected chi connectivity index (χ1v) is 5.98. The van der Waals surface area contributed by atoms with Gasteiger partial charge in [-0.2, -0.15) is 0 Å². The average molecular weight is 231 g/mol. The summed E-state index contributed by atoms with van der Waals surface area (Å²) in [7, 11) is 0. The number of nitrogens with two attached hydrogens (primary N) is 1. The molecule has 0 saturated carbocycles. The number of aliphatic hydroxyl groups is 1. The number of hydrogen-bond donors (Lipinski definition) is 2. The second-order valence-corrected chi connectivity index (χ2v) is 6.59. The Bertz CT molecular complexity index is 216. The molecule has 1 atom stereocenters. The summed E-state index contributed by atoms with van der Waals surface area (Å²) in [5.41, 5.74) is 5.17. The third kappa shape index (κ3) is 4.04. The van der Waals surface area contributed by atoms with Gasteiger partial charge in [-0.15, -0.1) is 0 Å². The topological polar surface area (TPSA) is 55.5 Å². The lowest BCUT2D eigenvalue weighted by atomic mass is 9.77. The quantitative estimate of drug-likeness (QED) is 0.736. The van der Waals surface area contributed by atoms with Gasteiger partial charge < -0.3 is 15.6 Å². The highest BCUT2D eigenvalue weighted by atomic mass is 16.5. The van der Waals surface area contributed by atoms with Crippen molar-refractivity contribution in [1.29, 1.82) is 0 Å². The zero-order valence-corrected chi connectivity index (χ0v) is 11.9. The number of aliphatic hydroxyl groups excluding tert-OH is 1. The van der Waals surface area contributed by atoms with E-state index in [2.05, 4.69) is 6.92 Å². The van der Waals surface area contributed by atoms with Gasteiger partial charge in [0.1, 0.15) is 0 Å². The molecular formula is C13H29NO2. The van der Waals surface area contributed by atoms with Crippen LogP contribution in [0.25, 0.3) is 0 Å². The summed E-state index contributed by atoms with van der Waals surface area (Å²) in [5, 5.41) is 9.35. The predicted octanol–water partition coefficient (Wildman–Crippen LogP) is 2.17. The monoisotopic (exact) mass is 231 g/mol. The first-order chi connectivity index (χ1) is 6.94. The van der Waals surface area contributed by atoms with Crippen molar-refractivity contribution in [1.82, 2.24) is 0 Å². The van der Waals surface area contributed by atoms with Gasteiger partial charge in [0.05, 0.1) is 18.8 Å². The molecule has 0 aromatic heterocycles. The lowest BCUT2D eigenvalue weighted by molar-refractivity contribution is -0.127. The van der Waals surface area contributed by atoms with Crippen molar-refractivity contribution >= 4 is 0 Å². The van der Waals surface area contributed by atoms with Gasteiger partial charge in [-0.3, -0.25) is 0 Å². The van der Waals surface area contributed by atoms with Gasteiger partial charge in [0.15, 0.2) is 0 Å². The van der Waals surface area contributed by atoms with Gasteiger partial charge in [0.25, 0.3) is 0 Å². The molecule has 3 N–H and O–H groups in total. The average Bonchev–Trinajstić information content (AvgIpc) is 2.12. The fourth-order valence-electron chi connectivity index (χ4n) is 0.934. The molecule has 0 heterocycles. The van der Waals surface area contributed by atoms with Crippen LogP contribution in [0.2, 0.25) is 0 Å². The Labute approximate surface area is 100 Å². The number of hydrogen-bond acceptors (Lipinski definition) is 3. The minimum atomic E-state index is -0.360. The van der Waals surface area contributed by atoms with E-state index in [4.69, 9.17) is 10.5 Å². The molecule has 0 radical (unpaired) electrons. The molecule has 0 bridgehead atoms. The summed E-state index contributed by atoms with van der Waals surface area (Å²) in [6.07, 6.45) is 0. The van der Waals surface area contributed by atoms with E-state index in [0.29, 0.717) is 6.61 Å². The predicted molar refractivity (Wildman–Crippen MR) is 68.3 cm³/mol. The maximum atomic E-state index is 9.35. The van der Waals surface area contributed by atoms with Crippen molar-refractivity contribution in [2.24, 2.45) is 17.1 Å². The highest BCUT2D eigenvalue weighted by Crippen LogP contribution is 2.34.